The number of benzene rings is 2. The van der Waals surface area contributed by atoms with Crippen LogP contribution in [0.5, 0.6) is 5.75 Å². The maximum Gasteiger partial charge on any atom is 0.120 e. The molecule has 96 valence electrons. The molecule has 0 N–H and O–H groups in total. The van der Waals surface area contributed by atoms with Crippen molar-refractivity contribution in [2.24, 2.45) is 0 Å². The Balaban J connectivity index is 2.42. The van der Waals surface area contributed by atoms with Crippen LogP contribution in [-0.2, 0) is 0 Å². The second kappa shape index (κ2) is 6.21. The molecule has 2 rings (SSSR count). The van der Waals surface area contributed by atoms with Crippen LogP contribution in [0.25, 0.3) is 0 Å². The first-order valence-electron chi connectivity index (χ1n) is 5.35. The summed E-state index contributed by atoms with van der Waals surface area (Å²) in [6, 6.07) is 12.7. The number of hydrogen-bond acceptors (Lipinski definition) is 3. The number of nitriles is 1. The van der Waals surface area contributed by atoms with Crippen molar-refractivity contribution in [3.05, 3.63) is 52.0 Å². The van der Waals surface area contributed by atoms with Gasteiger partial charge in [0.25, 0.3) is 0 Å². The molecule has 2 nitrogen and oxygen atoms in total. The zero-order chi connectivity index (χ0) is 13.8. The maximum atomic E-state index is 9.12. The molecule has 0 saturated heterocycles. The highest BCUT2D eigenvalue weighted by atomic mass is 35.5. The Morgan fingerprint density at radius 1 is 1.11 bits per heavy atom. The predicted molar refractivity (Wildman–Crippen MR) is 78.3 cm³/mol. The van der Waals surface area contributed by atoms with Crippen molar-refractivity contribution >= 4 is 35.0 Å². The molecule has 0 spiro atoms. The molecule has 2 aromatic carbocycles. The molecule has 0 aliphatic carbocycles. The van der Waals surface area contributed by atoms with E-state index < -0.39 is 0 Å². The molecule has 0 aromatic heterocycles. The minimum Gasteiger partial charge on any atom is -0.497 e. The summed E-state index contributed by atoms with van der Waals surface area (Å²) in [5.41, 5.74) is 0.571. The van der Waals surface area contributed by atoms with Crippen LogP contribution in [0.1, 0.15) is 5.56 Å². The van der Waals surface area contributed by atoms with E-state index in [4.69, 9.17) is 33.2 Å². The predicted octanol–water partition coefficient (Wildman–Crippen LogP) is 5.02. The van der Waals surface area contributed by atoms with Gasteiger partial charge in [0.1, 0.15) is 11.8 Å². The normalized spacial score (nSPS) is 10.0. The number of nitrogens with zero attached hydrogens (tertiary/aromatic N) is 1. The first kappa shape index (κ1) is 14.1. The third-order valence-corrected chi connectivity index (χ3v) is 4.21. The van der Waals surface area contributed by atoms with Crippen LogP contribution < -0.4 is 4.74 Å². The summed E-state index contributed by atoms with van der Waals surface area (Å²) < 4.78 is 5.16. The van der Waals surface area contributed by atoms with Gasteiger partial charge in [-0.25, -0.2) is 0 Å². The zero-order valence-corrected chi connectivity index (χ0v) is 12.3. The third-order valence-electron chi connectivity index (χ3n) is 2.42. The van der Waals surface area contributed by atoms with Crippen molar-refractivity contribution in [2.75, 3.05) is 7.11 Å². The average molecular weight is 310 g/mol. The average Bonchev–Trinajstić information content (AvgIpc) is 2.42. The highest BCUT2D eigenvalue weighted by Gasteiger charge is 2.09. The fourth-order valence-corrected chi connectivity index (χ4v) is 2.94. The molecule has 2 aromatic rings. The van der Waals surface area contributed by atoms with E-state index in [-0.39, 0.29) is 0 Å². The molecule has 0 radical (unpaired) electrons. The smallest absolute Gasteiger partial charge is 0.120 e. The van der Waals surface area contributed by atoms with Crippen molar-refractivity contribution in [3.8, 4) is 11.8 Å². The molecule has 19 heavy (non-hydrogen) atoms. The molecular formula is C14H9Cl2NOS. The second-order valence-electron chi connectivity index (χ2n) is 3.65. The number of ether oxygens (including phenoxy) is 1. The van der Waals surface area contributed by atoms with E-state index in [0.717, 1.165) is 9.79 Å². The topological polar surface area (TPSA) is 33.0 Å². The summed E-state index contributed by atoms with van der Waals surface area (Å²) in [7, 11) is 1.59. The number of methoxy groups -OCH3 is 1. The van der Waals surface area contributed by atoms with Gasteiger partial charge in [-0.2, -0.15) is 5.26 Å². The van der Waals surface area contributed by atoms with Gasteiger partial charge in [0, 0.05) is 14.8 Å². The molecule has 0 fully saturated rings. The van der Waals surface area contributed by atoms with E-state index in [9.17, 15) is 0 Å². The van der Waals surface area contributed by atoms with E-state index in [1.807, 2.05) is 0 Å². The lowest BCUT2D eigenvalue weighted by atomic mass is 10.2. The van der Waals surface area contributed by atoms with Gasteiger partial charge in [-0.15, -0.1) is 0 Å². The second-order valence-corrected chi connectivity index (χ2v) is 5.58. The lowest BCUT2D eigenvalue weighted by Crippen LogP contribution is -1.87. The molecule has 0 bridgehead atoms. The van der Waals surface area contributed by atoms with Gasteiger partial charge in [-0.3, -0.25) is 0 Å². The van der Waals surface area contributed by atoms with Crippen molar-refractivity contribution in [2.45, 2.75) is 9.79 Å². The molecule has 0 aliphatic rings. The van der Waals surface area contributed by atoms with E-state index >= 15 is 0 Å². The number of halogens is 2. The van der Waals surface area contributed by atoms with Crippen molar-refractivity contribution in [1.29, 1.82) is 5.26 Å². The quantitative estimate of drug-likeness (QED) is 0.797. The largest absolute Gasteiger partial charge is 0.497 e. The van der Waals surface area contributed by atoms with Gasteiger partial charge < -0.3 is 4.74 Å². The van der Waals surface area contributed by atoms with Gasteiger partial charge in [0.2, 0.25) is 0 Å². The highest BCUT2D eigenvalue weighted by Crippen LogP contribution is 2.37. The van der Waals surface area contributed by atoms with Crippen LogP contribution in [0.4, 0.5) is 0 Å². The zero-order valence-electron chi connectivity index (χ0n) is 9.98. The molecule has 0 unspecified atom stereocenters. The van der Waals surface area contributed by atoms with E-state index in [2.05, 4.69) is 6.07 Å². The van der Waals surface area contributed by atoms with Crippen LogP contribution in [0.2, 0.25) is 10.0 Å². The van der Waals surface area contributed by atoms with Crippen LogP contribution in [0.15, 0.2) is 46.2 Å². The SMILES string of the molecule is COc1ccc(C#N)c(Sc2cc(Cl)ccc2Cl)c1. The Labute approximate surface area is 125 Å². The van der Waals surface area contributed by atoms with E-state index in [1.54, 1.807) is 43.5 Å². The van der Waals surface area contributed by atoms with Crippen LogP contribution >= 0.6 is 35.0 Å². The Bertz CT molecular complexity index is 652. The molecule has 0 saturated carbocycles. The number of hydrogen-bond donors (Lipinski definition) is 0. The van der Waals surface area contributed by atoms with Crippen LogP contribution in [-0.4, -0.2) is 7.11 Å². The Morgan fingerprint density at radius 3 is 2.58 bits per heavy atom. The van der Waals surface area contributed by atoms with Gasteiger partial charge in [0.05, 0.1) is 17.7 Å². The molecule has 0 heterocycles. The Kier molecular flexibility index (Phi) is 4.60. The van der Waals surface area contributed by atoms with Gasteiger partial charge in [-0.1, -0.05) is 35.0 Å². The standard InChI is InChI=1S/C14H9Cl2NOS/c1-18-11-4-2-9(8-17)13(7-11)19-14-6-10(15)3-5-12(14)16/h2-7H,1H3. The van der Waals surface area contributed by atoms with Crippen molar-refractivity contribution in [1.82, 2.24) is 0 Å². The van der Waals surface area contributed by atoms with E-state index in [1.165, 1.54) is 11.8 Å². The minimum atomic E-state index is 0.571. The summed E-state index contributed by atoms with van der Waals surface area (Å²) >= 11 is 13.5. The summed E-state index contributed by atoms with van der Waals surface area (Å²) in [5, 5.41) is 10.3. The van der Waals surface area contributed by atoms with Crippen molar-refractivity contribution in [3.63, 3.8) is 0 Å². The monoisotopic (exact) mass is 309 g/mol. The van der Waals surface area contributed by atoms with E-state index in [0.29, 0.717) is 21.4 Å². The summed E-state index contributed by atoms with van der Waals surface area (Å²) in [6.45, 7) is 0. The molecule has 5 heteroatoms. The van der Waals surface area contributed by atoms with Gasteiger partial charge in [0.15, 0.2) is 0 Å². The first-order valence-corrected chi connectivity index (χ1v) is 6.92. The molecule has 0 amide bonds. The van der Waals surface area contributed by atoms with Crippen LogP contribution in [0.3, 0.4) is 0 Å². The summed E-state index contributed by atoms with van der Waals surface area (Å²) in [6.07, 6.45) is 0. The van der Waals surface area contributed by atoms with Gasteiger partial charge in [-0.05, 0) is 36.4 Å². The van der Waals surface area contributed by atoms with Gasteiger partial charge >= 0.3 is 0 Å². The lowest BCUT2D eigenvalue weighted by Gasteiger charge is -2.08. The Hall–Kier alpha value is -1.34. The Morgan fingerprint density at radius 2 is 1.89 bits per heavy atom. The first-order chi connectivity index (χ1) is 9.13. The van der Waals surface area contributed by atoms with Crippen LogP contribution in [0, 0.1) is 11.3 Å². The highest BCUT2D eigenvalue weighted by molar-refractivity contribution is 7.99. The molecule has 0 aliphatic heterocycles. The number of rotatable bonds is 3. The molecule has 0 atom stereocenters. The fraction of sp³-hybridized carbons (Fsp3) is 0.0714. The maximum absolute atomic E-state index is 9.12. The lowest BCUT2D eigenvalue weighted by molar-refractivity contribution is 0.413. The van der Waals surface area contributed by atoms with Crippen molar-refractivity contribution < 1.29 is 4.74 Å². The molecular weight excluding hydrogens is 301 g/mol. The third kappa shape index (κ3) is 3.36. The minimum absolute atomic E-state index is 0.571. The summed E-state index contributed by atoms with van der Waals surface area (Å²) in [4.78, 5) is 1.59. The fourth-order valence-electron chi connectivity index (χ4n) is 1.48. The summed E-state index contributed by atoms with van der Waals surface area (Å²) in [5.74, 6) is 0.694.